The van der Waals surface area contributed by atoms with E-state index in [0.29, 0.717) is 0 Å². The van der Waals surface area contributed by atoms with Crippen molar-refractivity contribution in [3.63, 3.8) is 0 Å². The Labute approximate surface area is 134 Å². The Bertz CT molecular complexity index is 371. The van der Waals surface area contributed by atoms with E-state index >= 15 is 0 Å². The fourth-order valence-corrected chi connectivity index (χ4v) is 4.19. The zero-order chi connectivity index (χ0) is 11.1. The van der Waals surface area contributed by atoms with Crippen molar-refractivity contribution in [3.8, 4) is 0 Å². The van der Waals surface area contributed by atoms with Gasteiger partial charge in [0.2, 0.25) is 0 Å². The maximum Gasteiger partial charge on any atom is 0.198 e. The van der Waals surface area contributed by atoms with E-state index in [1.807, 2.05) is 6.07 Å². The molecule has 0 aliphatic rings. The molecule has 0 aromatic heterocycles. The number of hydrogen-bond acceptors (Lipinski definition) is 0. The first kappa shape index (κ1) is 14.3. The van der Waals surface area contributed by atoms with Gasteiger partial charge in [-0.1, -0.05) is 23.2 Å². The molecule has 0 unspecified atom stereocenters. The predicted molar refractivity (Wildman–Crippen MR) is 79.6 cm³/mol. The Morgan fingerprint density at radius 1 is 0.929 bits per heavy atom. The van der Waals surface area contributed by atoms with Crippen molar-refractivity contribution in [3.05, 3.63) is 29.5 Å². The lowest BCUT2D eigenvalue weighted by atomic mass is 10.2. The van der Waals surface area contributed by atoms with Crippen molar-refractivity contribution in [2.24, 2.45) is 0 Å². The monoisotopic (exact) mass is 550 g/mol. The summed E-state index contributed by atoms with van der Waals surface area (Å²) in [6.07, 6.45) is 0. The summed E-state index contributed by atoms with van der Waals surface area (Å²) in [4.78, 5) is 0. The average Bonchev–Trinajstić information content (AvgIpc) is 2.06. The lowest BCUT2D eigenvalue weighted by Crippen LogP contribution is -2.01. The van der Waals surface area contributed by atoms with E-state index in [1.165, 1.54) is 0 Å². The maximum absolute atomic E-state index is 5.96. The summed E-state index contributed by atoms with van der Waals surface area (Å²) in [7, 11) is 0. The predicted octanol–water partition coefficient (Wildman–Crippen LogP) is 6.72. The summed E-state index contributed by atoms with van der Waals surface area (Å²) < 4.78 is 2.31. The molecule has 0 radical (unpaired) electrons. The third-order valence-electron chi connectivity index (χ3n) is 1.41. The Balaban J connectivity index is 3.49. The second-order valence-electron chi connectivity index (χ2n) is 2.35. The fraction of sp³-hybridized carbons (Fsp3) is 0.143. The third kappa shape index (κ3) is 3.11. The first-order valence-corrected chi connectivity index (χ1v) is 7.87. The van der Waals surface area contributed by atoms with Gasteiger partial charge in [-0.25, -0.2) is 0 Å². The Hall–Kier alpha value is 2.20. The normalized spacial score (nSPS) is 11.9. The van der Waals surface area contributed by atoms with Crippen molar-refractivity contribution in [2.75, 3.05) is 0 Å². The van der Waals surface area contributed by atoms with Crippen molar-refractivity contribution in [1.82, 2.24) is 0 Å². The summed E-state index contributed by atoms with van der Waals surface area (Å²) in [5.41, 5.74) is 0.725. The standard InChI is InChI=1S/C7HBr5Cl2/c8-3-1-2(7(12,13)14)4(9)6(11)5(3)10/h1H. The van der Waals surface area contributed by atoms with E-state index in [2.05, 4.69) is 79.6 Å². The van der Waals surface area contributed by atoms with E-state index in [4.69, 9.17) is 23.2 Å². The van der Waals surface area contributed by atoms with E-state index in [9.17, 15) is 0 Å². The molecule has 0 fully saturated rings. The lowest BCUT2D eigenvalue weighted by molar-refractivity contribution is 1.23. The highest BCUT2D eigenvalue weighted by atomic mass is 79.9. The Morgan fingerprint density at radius 3 is 1.86 bits per heavy atom. The number of benzene rings is 1. The van der Waals surface area contributed by atoms with Crippen LogP contribution in [-0.2, 0) is 3.24 Å². The summed E-state index contributed by atoms with van der Waals surface area (Å²) in [6.45, 7) is 0. The van der Waals surface area contributed by atoms with E-state index in [0.717, 1.165) is 23.5 Å². The van der Waals surface area contributed by atoms with Crippen LogP contribution in [0.2, 0.25) is 0 Å². The largest absolute Gasteiger partial charge is 0.198 e. The van der Waals surface area contributed by atoms with Gasteiger partial charge in [0.05, 0.1) is 0 Å². The molecule has 0 saturated carbocycles. The minimum Gasteiger partial charge on any atom is -0.0833 e. The van der Waals surface area contributed by atoms with E-state index in [-0.39, 0.29) is 0 Å². The van der Waals surface area contributed by atoms with E-state index in [1.54, 1.807) is 0 Å². The third-order valence-corrected chi connectivity index (χ3v) is 6.90. The van der Waals surface area contributed by atoms with Crippen LogP contribution in [0.25, 0.3) is 0 Å². The molecule has 7 heteroatoms. The number of rotatable bonds is 1. The molecule has 14 heavy (non-hydrogen) atoms. The molecule has 0 aliphatic heterocycles. The summed E-state index contributed by atoms with van der Waals surface area (Å²) in [6, 6.07) is 1.83. The van der Waals surface area contributed by atoms with Crippen molar-refractivity contribution >= 4 is 103 Å². The van der Waals surface area contributed by atoms with Crippen LogP contribution in [0.1, 0.15) is 5.56 Å². The molecule has 1 rings (SSSR count). The molecule has 0 spiro atoms. The Kier molecular flexibility index (Phi) is 5.33. The topological polar surface area (TPSA) is 0 Å². The van der Waals surface area contributed by atoms with Gasteiger partial charge in [0.1, 0.15) is 0 Å². The SMILES string of the molecule is ClC(Cl)(Br)c1cc(Br)c(Br)c(Br)c1Br. The zero-order valence-corrected chi connectivity index (χ0v) is 15.7. The van der Waals surface area contributed by atoms with Crippen LogP contribution in [0.4, 0.5) is 0 Å². The fourth-order valence-electron chi connectivity index (χ4n) is 0.779. The molecule has 1 aromatic carbocycles. The van der Waals surface area contributed by atoms with Crippen LogP contribution >= 0.6 is 103 Å². The van der Waals surface area contributed by atoms with Gasteiger partial charge in [-0.3, -0.25) is 0 Å². The molecule has 0 amide bonds. The van der Waals surface area contributed by atoms with Crippen LogP contribution in [0.5, 0.6) is 0 Å². The van der Waals surface area contributed by atoms with Crippen molar-refractivity contribution in [1.29, 1.82) is 0 Å². The molecule has 78 valence electrons. The van der Waals surface area contributed by atoms with Gasteiger partial charge in [0.25, 0.3) is 0 Å². The van der Waals surface area contributed by atoms with Gasteiger partial charge in [-0.2, -0.15) is 0 Å². The number of halogens is 7. The van der Waals surface area contributed by atoms with Gasteiger partial charge < -0.3 is 0 Å². The second-order valence-corrected chi connectivity index (χ2v) is 9.01. The van der Waals surface area contributed by atoms with E-state index < -0.39 is 3.24 Å². The minimum atomic E-state index is -1.11. The highest BCUT2D eigenvalue weighted by molar-refractivity contribution is 9.15. The molecular formula is C7HBr5Cl2. The molecule has 0 nitrogen and oxygen atoms in total. The van der Waals surface area contributed by atoms with Crippen molar-refractivity contribution in [2.45, 2.75) is 3.24 Å². The molecule has 0 bridgehead atoms. The summed E-state index contributed by atoms with van der Waals surface area (Å²) in [5.74, 6) is 0. The Morgan fingerprint density at radius 2 is 1.43 bits per heavy atom. The quantitative estimate of drug-likeness (QED) is 0.205. The summed E-state index contributed by atoms with van der Waals surface area (Å²) >= 11 is 28.7. The van der Waals surface area contributed by atoms with Gasteiger partial charge in [0, 0.05) is 23.5 Å². The first-order chi connectivity index (χ1) is 6.25. The van der Waals surface area contributed by atoms with Crippen LogP contribution in [-0.4, -0.2) is 0 Å². The average molecular weight is 556 g/mol. The molecule has 0 saturated heterocycles. The van der Waals surface area contributed by atoms with Gasteiger partial charge in [-0.05, 0) is 85.7 Å². The molecule has 0 aliphatic carbocycles. The molecule has 1 aromatic rings. The van der Waals surface area contributed by atoms with Crippen LogP contribution in [0.15, 0.2) is 24.0 Å². The highest BCUT2D eigenvalue weighted by Crippen LogP contribution is 2.49. The molecular weight excluding hydrogens is 555 g/mol. The lowest BCUT2D eigenvalue weighted by Gasteiger charge is -2.16. The maximum atomic E-state index is 5.96. The van der Waals surface area contributed by atoms with Crippen LogP contribution in [0, 0.1) is 0 Å². The minimum absolute atomic E-state index is 0.725. The zero-order valence-electron chi connectivity index (χ0n) is 6.22. The first-order valence-electron chi connectivity index (χ1n) is 3.15. The number of hydrogen-bond donors (Lipinski definition) is 0. The van der Waals surface area contributed by atoms with Gasteiger partial charge in [0.15, 0.2) is 3.24 Å². The summed E-state index contributed by atoms with van der Waals surface area (Å²) in [5, 5.41) is 0. The molecule has 0 atom stereocenters. The smallest absolute Gasteiger partial charge is 0.0833 e. The molecule has 0 heterocycles. The van der Waals surface area contributed by atoms with Crippen LogP contribution in [0.3, 0.4) is 0 Å². The highest BCUT2D eigenvalue weighted by Gasteiger charge is 2.27. The van der Waals surface area contributed by atoms with Gasteiger partial charge >= 0.3 is 0 Å². The van der Waals surface area contributed by atoms with Crippen molar-refractivity contribution < 1.29 is 0 Å². The van der Waals surface area contributed by atoms with Gasteiger partial charge in [-0.15, -0.1) is 0 Å². The molecule has 0 N–H and O–H groups in total. The van der Waals surface area contributed by atoms with Crippen LogP contribution < -0.4 is 0 Å². The second kappa shape index (κ2) is 5.23. The number of alkyl halides is 3.